The lowest BCUT2D eigenvalue weighted by Gasteiger charge is -2.11. The predicted octanol–water partition coefficient (Wildman–Crippen LogP) is 4.00. The summed E-state index contributed by atoms with van der Waals surface area (Å²) in [6.45, 7) is 0.422. The van der Waals surface area contributed by atoms with Gasteiger partial charge < -0.3 is 14.6 Å². The minimum Gasteiger partial charge on any atom is -0.495 e. The van der Waals surface area contributed by atoms with Crippen LogP contribution in [0.25, 0.3) is 0 Å². The number of methoxy groups -OCH3 is 1. The van der Waals surface area contributed by atoms with Crippen molar-refractivity contribution in [3.63, 3.8) is 0 Å². The van der Waals surface area contributed by atoms with E-state index in [0.29, 0.717) is 23.0 Å². The van der Waals surface area contributed by atoms with Crippen molar-refractivity contribution < 1.29 is 9.13 Å². The molecule has 0 fully saturated rings. The van der Waals surface area contributed by atoms with Crippen LogP contribution in [-0.2, 0) is 6.54 Å². The molecule has 1 aromatic heterocycles. The maximum atomic E-state index is 13.8. The number of halogens is 1. The van der Waals surface area contributed by atoms with Gasteiger partial charge in [-0.1, -0.05) is 30.3 Å². The molecule has 0 amide bonds. The van der Waals surface area contributed by atoms with Crippen LogP contribution in [0.2, 0.25) is 0 Å². The molecule has 0 spiro atoms. The van der Waals surface area contributed by atoms with Crippen molar-refractivity contribution in [3.8, 4) is 5.75 Å². The van der Waals surface area contributed by atoms with E-state index in [1.165, 1.54) is 6.07 Å². The SMILES string of the molecule is COc1ccccc1NC(=S)N/N=C/c1cccn1Cc1ccccc1F. The number of aromatic nitrogens is 1. The number of hydrazone groups is 1. The van der Waals surface area contributed by atoms with Crippen molar-refractivity contribution in [1.82, 2.24) is 9.99 Å². The molecular weight excluding hydrogens is 363 g/mol. The van der Waals surface area contributed by atoms with Crippen molar-refractivity contribution in [2.24, 2.45) is 5.10 Å². The molecule has 0 aliphatic carbocycles. The summed E-state index contributed by atoms with van der Waals surface area (Å²) in [4.78, 5) is 0. The summed E-state index contributed by atoms with van der Waals surface area (Å²) in [6.07, 6.45) is 3.51. The molecule has 0 aliphatic heterocycles. The van der Waals surface area contributed by atoms with Gasteiger partial charge in [-0.25, -0.2) is 4.39 Å². The Morgan fingerprint density at radius 1 is 1.15 bits per heavy atom. The minimum atomic E-state index is -0.227. The zero-order valence-corrected chi connectivity index (χ0v) is 15.5. The Bertz CT molecular complexity index is 954. The molecule has 2 N–H and O–H groups in total. The van der Waals surface area contributed by atoms with Crippen LogP contribution in [0.1, 0.15) is 11.3 Å². The van der Waals surface area contributed by atoms with E-state index in [2.05, 4.69) is 15.8 Å². The molecule has 27 heavy (non-hydrogen) atoms. The number of thiocarbonyl (C=S) groups is 1. The van der Waals surface area contributed by atoms with Crippen LogP contribution in [0, 0.1) is 5.82 Å². The first-order valence-electron chi connectivity index (χ1n) is 8.29. The van der Waals surface area contributed by atoms with Gasteiger partial charge in [-0.2, -0.15) is 5.10 Å². The van der Waals surface area contributed by atoms with Crippen LogP contribution in [0.4, 0.5) is 10.1 Å². The van der Waals surface area contributed by atoms with Crippen LogP contribution < -0.4 is 15.5 Å². The summed E-state index contributed by atoms with van der Waals surface area (Å²) in [7, 11) is 1.60. The normalized spacial score (nSPS) is 10.7. The smallest absolute Gasteiger partial charge is 0.191 e. The molecular formula is C20H19FN4OS. The van der Waals surface area contributed by atoms with Crippen LogP contribution >= 0.6 is 12.2 Å². The molecule has 0 unspecified atom stereocenters. The predicted molar refractivity (Wildman–Crippen MR) is 110 cm³/mol. The van der Waals surface area contributed by atoms with Gasteiger partial charge in [0.25, 0.3) is 0 Å². The molecule has 0 aliphatic rings. The fourth-order valence-electron chi connectivity index (χ4n) is 2.55. The van der Waals surface area contributed by atoms with Gasteiger partial charge in [0.05, 0.1) is 31.3 Å². The number of para-hydroxylation sites is 2. The average molecular weight is 382 g/mol. The van der Waals surface area contributed by atoms with Crippen LogP contribution in [-0.4, -0.2) is 23.0 Å². The summed E-state index contributed by atoms with van der Waals surface area (Å²) < 4.78 is 21.0. The van der Waals surface area contributed by atoms with E-state index in [-0.39, 0.29) is 5.82 Å². The Balaban J connectivity index is 1.61. The second kappa shape index (κ2) is 8.95. The quantitative estimate of drug-likeness (QED) is 0.384. The highest BCUT2D eigenvalue weighted by molar-refractivity contribution is 7.80. The number of rotatable bonds is 6. The van der Waals surface area contributed by atoms with Gasteiger partial charge in [-0.3, -0.25) is 5.43 Å². The third-order valence-corrected chi connectivity index (χ3v) is 4.07. The zero-order valence-electron chi connectivity index (χ0n) is 14.7. The van der Waals surface area contributed by atoms with E-state index >= 15 is 0 Å². The third kappa shape index (κ3) is 4.92. The Kier molecular flexibility index (Phi) is 6.17. The molecule has 0 saturated carbocycles. The minimum absolute atomic E-state index is 0.227. The van der Waals surface area contributed by atoms with Crippen LogP contribution in [0.5, 0.6) is 5.75 Å². The largest absolute Gasteiger partial charge is 0.495 e. The summed E-state index contributed by atoms with van der Waals surface area (Å²) >= 11 is 5.25. The highest BCUT2D eigenvalue weighted by Crippen LogP contribution is 2.22. The molecule has 0 bridgehead atoms. The van der Waals surface area contributed by atoms with E-state index in [9.17, 15) is 4.39 Å². The zero-order chi connectivity index (χ0) is 19.1. The van der Waals surface area contributed by atoms with E-state index < -0.39 is 0 Å². The monoisotopic (exact) mass is 382 g/mol. The number of anilines is 1. The van der Waals surface area contributed by atoms with E-state index in [0.717, 1.165) is 11.4 Å². The summed E-state index contributed by atoms with van der Waals surface area (Å²) in [6, 6.07) is 17.9. The lowest BCUT2D eigenvalue weighted by Crippen LogP contribution is -2.24. The first kappa shape index (κ1) is 18.6. The second-order valence-corrected chi connectivity index (χ2v) is 6.09. The molecule has 1 heterocycles. The number of nitrogens with zero attached hydrogens (tertiary/aromatic N) is 2. The van der Waals surface area contributed by atoms with Crippen molar-refractivity contribution >= 4 is 29.2 Å². The summed E-state index contributed by atoms with van der Waals surface area (Å²) in [5.74, 6) is 0.457. The van der Waals surface area contributed by atoms with Crippen LogP contribution in [0.15, 0.2) is 72.0 Å². The third-order valence-electron chi connectivity index (χ3n) is 3.88. The molecule has 0 atom stereocenters. The highest BCUT2D eigenvalue weighted by Gasteiger charge is 2.05. The highest BCUT2D eigenvalue weighted by atomic mass is 32.1. The van der Waals surface area contributed by atoms with E-state index in [1.807, 2.05) is 53.2 Å². The van der Waals surface area contributed by atoms with Gasteiger partial charge in [-0.15, -0.1) is 0 Å². The Morgan fingerprint density at radius 2 is 1.93 bits per heavy atom. The number of hydrogen-bond acceptors (Lipinski definition) is 3. The molecule has 0 saturated heterocycles. The Hall–Kier alpha value is -3.19. The number of nitrogens with one attached hydrogen (secondary N) is 2. The van der Waals surface area contributed by atoms with Crippen molar-refractivity contribution in [3.05, 3.63) is 83.9 Å². The molecule has 0 radical (unpaired) electrons. The second-order valence-electron chi connectivity index (χ2n) is 5.68. The Labute approximate surface area is 162 Å². The first-order chi connectivity index (χ1) is 13.2. The molecule has 138 valence electrons. The maximum Gasteiger partial charge on any atom is 0.191 e. The first-order valence-corrected chi connectivity index (χ1v) is 8.70. The number of hydrogen-bond donors (Lipinski definition) is 2. The van der Waals surface area contributed by atoms with Gasteiger partial charge in [0.1, 0.15) is 11.6 Å². The van der Waals surface area contributed by atoms with E-state index in [1.54, 1.807) is 25.5 Å². The standard InChI is InChI=1S/C20H19FN4OS/c1-26-19-11-5-4-10-18(19)23-20(27)24-22-13-16-8-6-12-25(16)14-15-7-2-3-9-17(15)21/h2-13H,14H2,1H3,(H2,23,24,27)/b22-13+. The molecule has 3 aromatic rings. The fourth-order valence-corrected chi connectivity index (χ4v) is 2.72. The van der Waals surface area contributed by atoms with Crippen molar-refractivity contribution in [2.45, 2.75) is 6.54 Å². The summed E-state index contributed by atoms with van der Waals surface area (Å²) in [5, 5.41) is 7.52. The maximum absolute atomic E-state index is 13.8. The Morgan fingerprint density at radius 3 is 2.74 bits per heavy atom. The molecule has 7 heteroatoms. The van der Waals surface area contributed by atoms with E-state index in [4.69, 9.17) is 17.0 Å². The molecule has 3 rings (SSSR count). The lowest BCUT2D eigenvalue weighted by atomic mass is 10.2. The average Bonchev–Trinajstić information content (AvgIpc) is 3.11. The molecule has 2 aromatic carbocycles. The van der Waals surface area contributed by atoms with Crippen molar-refractivity contribution in [2.75, 3.05) is 12.4 Å². The number of benzene rings is 2. The van der Waals surface area contributed by atoms with Gasteiger partial charge in [-0.05, 0) is 42.5 Å². The van der Waals surface area contributed by atoms with Crippen molar-refractivity contribution in [1.29, 1.82) is 0 Å². The number of ether oxygens (including phenoxy) is 1. The fraction of sp³-hybridized carbons (Fsp3) is 0.100. The van der Waals surface area contributed by atoms with Crippen LogP contribution in [0.3, 0.4) is 0 Å². The van der Waals surface area contributed by atoms with Gasteiger partial charge in [0.2, 0.25) is 0 Å². The summed E-state index contributed by atoms with van der Waals surface area (Å²) in [5.41, 5.74) is 4.96. The van der Waals surface area contributed by atoms with Gasteiger partial charge in [0.15, 0.2) is 5.11 Å². The van der Waals surface area contributed by atoms with Gasteiger partial charge in [0, 0.05) is 11.8 Å². The molecule has 5 nitrogen and oxygen atoms in total. The topological polar surface area (TPSA) is 50.6 Å². The lowest BCUT2D eigenvalue weighted by molar-refractivity contribution is 0.417. The van der Waals surface area contributed by atoms with Gasteiger partial charge >= 0.3 is 0 Å².